The van der Waals surface area contributed by atoms with Crippen LogP contribution in [0.2, 0.25) is 0 Å². The van der Waals surface area contributed by atoms with Gasteiger partial charge in [0.05, 0.1) is 5.69 Å². The fourth-order valence-corrected chi connectivity index (χ4v) is 3.29. The Balaban J connectivity index is 1.71. The van der Waals surface area contributed by atoms with Crippen LogP contribution in [0, 0.1) is 0 Å². The summed E-state index contributed by atoms with van der Waals surface area (Å²) in [5, 5.41) is 0. The van der Waals surface area contributed by atoms with Crippen LogP contribution in [0.5, 0.6) is 5.75 Å². The fraction of sp³-hybridized carbons (Fsp3) is 0.364. The Bertz CT molecular complexity index is 817. The van der Waals surface area contributed by atoms with Gasteiger partial charge >= 0.3 is 0 Å². The Hall–Kier alpha value is -2.82. The smallest absolute Gasteiger partial charge is 0.270 e. The number of hydrogen-bond donors (Lipinski definition) is 0. The first-order valence-corrected chi connectivity index (χ1v) is 9.34. The molecule has 1 aliphatic heterocycles. The fourth-order valence-electron chi connectivity index (χ4n) is 3.29. The molecule has 5 nitrogen and oxygen atoms in total. The van der Waals surface area contributed by atoms with Crippen molar-refractivity contribution in [3.63, 3.8) is 0 Å². The lowest BCUT2D eigenvalue weighted by atomic mass is 10.0. The molecule has 0 saturated carbocycles. The molecule has 3 rings (SSSR count). The quantitative estimate of drug-likeness (QED) is 0.784. The molecule has 0 atom stereocenters. The number of anilines is 1. The van der Waals surface area contributed by atoms with Crippen LogP contribution in [0.25, 0.3) is 0 Å². The average molecular weight is 366 g/mol. The molecule has 2 amide bonds. The summed E-state index contributed by atoms with van der Waals surface area (Å²) in [6.07, 6.45) is 0.275. The maximum Gasteiger partial charge on any atom is 0.270 e. The normalized spacial score (nSPS) is 15.1. The molecule has 0 radical (unpaired) electrons. The van der Waals surface area contributed by atoms with E-state index in [-0.39, 0.29) is 18.2 Å². The minimum atomic E-state index is -0.939. The molecular weight excluding hydrogens is 340 g/mol. The molecular formula is C22H26N2O3. The number of benzene rings is 2. The third kappa shape index (κ3) is 4.13. The van der Waals surface area contributed by atoms with Crippen LogP contribution in [-0.4, -0.2) is 35.4 Å². The second-order valence-electron chi connectivity index (χ2n) is 7.18. The minimum absolute atomic E-state index is 0.0379. The zero-order chi connectivity index (χ0) is 19.4. The summed E-state index contributed by atoms with van der Waals surface area (Å²) < 4.78 is 5.83. The molecule has 0 aliphatic carbocycles. The molecule has 1 aliphatic rings. The van der Waals surface area contributed by atoms with Gasteiger partial charge in [-0.25, -0.2) is 0 Å². The van der Waals surface area contributed by atoms with E-state index >= 15 is 0 Å². The van der Waals surface area contributed by atoms with E-state index < -0.39 is 5.60 Å². The lowest BCUT2D eigenvalue weighted by Crippen LogP contribution is -2.53. The summed E-state index contributed by atoms with van der Waals surface area (Å²) in [6, 6.07) is 17.4. The van der Waals surface area contributed by atoms with Gasteiger partial charge in [-0.3, -0.25) is 9.59 Å². The highest BCUT2D eigenvalue weighted by molar-refractivity contribution is 6.02. The zero-order valence-corrected chi connectivity index (χ0v) is 16.1. The Kier molecular flexibility index (Phi) is 5.49. The summed E-state index contributed by atoms with van der Waals surface area (Å²) in [5.74, 6) is 0.585. The van der Waals surface area contributed by atoms with E-state index in [1.807, 2.05) is 66.4 Å². The lowest BCUT2D eigenvalue weighted by Gasteiger charge is -2.38. The molecule has 5 heteroatoms. The van der Waals surface area contributed by atoms with Crippen molar-refractivity contribution in [3.8, 4) is 5.75 Å². The lowest BCUT2D eigenvalue weighted by molar-refractivity contribution is -0.133. The summed E-state index contributed by atoms with van der Waals surface area (Å²) in [5.41, 5.74) is 0.883. The second-order valence-corrected chi connectivity index (χ2v) is 7.18. The largest absolute Gasteiger partial charge is 0.476 e. The Labute approximate surface area is 160 Å². The highest BCUT2D eigenvalue weighted by Crippen LogP contribution is 2.37. The molecule has 2 aromatic carbocycles. The van der Waals surface area contributed by atoms with Crippen molar-refractivity contribution < 1.29 is 14.3 Å². The van der Waals surface area contributed by atoms with Gasteiger partial charge in [-0.2, -0.15) is 0 Å². The van der Waals surface area contributed by atoms with Crippen molar-refractivity contribution in [2.24, 2.45) is 0 Å². The number of carbonyl (C=O) groups excluding carboxylic acids is 2. The number of rotatable bonds is 6. The Morgan fingerprint density at radius 3 is 2.44 bits per heavy atom. The van der Waals surface area contributed by atoms with Crippen LogP contribution in [0.4, 0.5) is 5.69 Å². The van der Waals surface area contributed by atoms with Crippen LogP contribution in [0.1, 0.15) is 32.8 Å². The SMILES string of the molecule is CCN(Cc1ccccc1)C(=O)CCN1C(=O)C(C)(C)Oc2ccccc21. The van der Waals surface area contributed by atoms with Crippen molar-refractivity contribution in [1.82, 2.24) is 4.90 Å². The molecule has 0 unspecified atom stereocenters. The summed E-state index contributed by atoms with van der Waals surface area (Å²) >= 11 is 0. The number of amides is 2. The molecule has 1 heterocycles. The van der Waals surface area contributed by atoms with Crippen LogP contribution < -0.4 is 9.64 Å². The molecule has 0 bridgehead atoms. The maximum absolute atomic E-state index is 12.8. The predicted octanol–water partition coefficient (Wildman–Crippen LogP) is 3.63. The van der Waals surface area contributed by atoms with Crippen molar-refractivity contribution >= 4 is 17.5 Å². The van der Waals surface area contributed by atoms with E-state index in [0.29, 0.717) is 25.4 Å². The van der Waals surface area contributed by atoms with E-state index in [2.05, 4.69) is 0 Å². The molecule has 2 aromatic rings. The van der Waals surface area contributed by atoms with Gasteiger partial charge in [0.1, 0.15) is 5.75 Å². The van der Waals surface area contributed by atoms with Crippen molar-refractivity contribution in [2.75, 3.05) is 18.0 Å². The van der Waals surface area contributed by atoms with Gasteiger partial charge in [0.2, 0.25) is 5.91 Å². The minimum Gasteiger partial charge on any atom is -0.476 e. The van der Waals surface area contributed by atoms with Crippen LogP contribution in [-0.2, 0) is 16.1 Å². The maximum atomic E-state index is 12.8. The number of hydrogen-bond acceptors (Lipinski definition) is 3. The topological polar surface area (TPSA) is 49.9 Å². The number of fused-ring (bicyclic) bond motifs is 1. The van der Waals surface area contributed by atoms with E-state index in [9.17, 15) is 9.59 Å². The monoisotopic (exact) mass is 366 g/mol. The van der Waals surface area contributed by atoms with Crippen LogP contribution >= 0.6 is 0 Å². The number of ether oxygens (including phenoxy) is 1. The summed E-state index contributed by atoms with van der Waals surface area (Å²) in [7, 11) is 0. The Morgan fingerprint density at radius 2 is 1.74 bits per heavy atom. The van der Waals surface area contributed by atoms with Crippen LogP contribution in [0.3, 0.4) is 0 Å². The highest BCUT2D eigenvalue weighted by atomic mass is 16.5. The van der Waals surface area contributed by atoms with Gasteiger partial charge in [-0.1, -0.05) is 42.5 Å². The van der Waals surface area contributed by atoms with Gasteiger partial charge in [-0.05, 0) is 38.5 Å². The van der Waals surface area contributed by atoms with E-state index in [0.717, 1.165) is 11.3 Å². The molecule has 0 aromatic heterocycles. The molecule has 0 N–H and O–H groups in total. The van der Waals surface area contributed by atoms with Gasteiger partial charge < -0.3 is 14.5 Å². The first-order valence-electron chi connectivity index (χ1n) is 9.34. The standard InChI is InChI=1S/C22H26N2O3/c1-4-23(16-17-10-6-5-7-11-17)20(25)14-15-24-18-12-8-9-13-19(18)27-22(2,3)21(24)26/h5-13H,4,14-16H2,1-3H3. The first kappa shape index (κ1) is 19.0. The van der Waals surface area contributed by atoms with Gasteiger partial charge in [-0.15, -0.1) is 0 Å². The van der Waals surface area contributed by atoms with E-state index in [1.165, 1.54) is 0 Å². The second kappa shape index (κ2) is 7.82. The molecule has 0 saturated heterocycles. The third-order valence-corrected chi connectivity index (χ3v) is 4.78. The summed E-state index contributed by atoms with van der Waals surface area (Å²) in [6.45, 7) is 7.04. The number of nitrogens with zero attached hydrogens (tertiary/aromatic N) is 2. The van der Waals surface area contributed by atoms with Gasteiger partial charge in [0.25, 0.3) is 5.91 Å². The van der Waals surface area contributed by atoms with E-state index in [4.69, 9.17) is 4.74 Å². The zero-order valence-electron chi connectivity index (χ0n) is 16.1. The number of carbonyl (C=O) groups is 2. The van der Waals surface area contributed by atoms with E-state index in [1.54, 1.807) is 18.7 Å². The number of para-hydroxylation sites is 2. The van der Waals surface area contributed by atoms with Gasteiger partial charge in [0, 0.05) is 26.1 Å². The molecule has 27 heavy (non-hydrogen) atoms. The third-order valence-electron chi connectivity index (χ3n) is 4.78. The molecule has 0 spiro atoms. The molecule has 0 fully saturated rings. The summed E-state index contributed by atoms with van der Waals surface area (Å²) in [4.78, 5) is 29.1. The van der Waals surface area contributed by atoms with Crippen molar-refractivity contribution in [2.45, 2.75) is 39.3 Å². The van der Waals surface area contributed by atoms with Crippen molar-refractivity contribution in [1.29, 1.82) is 0 Å². The average Bonchev–Trinajstić information content (AvgIpc) is 2.67. The Morgan fingerprint density at radius 1 is 1.07 bits per heavy atom. The molecule has 142 valence electrons. The highest BCUT2D eigenvalue weighted by Gasteiger charge is 2.40. The van der Waals surface area contributed by atoms with Gasteiger partial charge in [0.15, 0.2) is 5.60 Å². The predicted molar refractivity (Wildman–Crippen MR) is 106 cm³/mol. The first-order chi connectivity index (χ1) is 12.9. The van der Waals surface area contributed by atoms with Crippen LogP contribution in [0.15, 0.2) is 54.6 Å². The van der Waals surface area contributed by atoms with Crippen molar-refractivity contribution in [3.05, 3.63) is 60.2 Å².